The van der Waals surface area contributed by atoms with Gasteiger partial charge in [0.1, 0.15) is 0 Å². The van der Waals surface area contributed by atoms with E-state index < -0.39 is 10.0 Å². The molecule has 0 saturated carbocycles. The fraction of sp³-hybridized carbons (Fsp3) is 0.348. The van der Waals surface area contributed by atoms with Crippen LogP contribution >= 0.6 is 0 Å². The Morgan fingerprint density at radius 2 is 1.73 bits per heavy atom. The minimum Gasteiger partial charge on any atom is -0.493 e. The largest absolute Gasteiger partial charge is 0.493 e. The summed E-state index contributed by atoms with van der Waals surface area (Å²) < 4.78 is 37.9. The van der Waals surface area contributed by atoms with Crippen LogP contribution in [-0.2, 0) is 10.0 Å². The van der Waals surface area contributed by atoms with E-state index in [-0.39, 0.29) is 16.8 Å². The van der Waals surface area contributed by atoms with Gasteiger partial charge in [0.15, 0.2) is 17.3 Å². The van der Waals surface area contributed by atoms with Gasteiger partial charge in [-0.25, -0.2) is 8.42 Å². The van der Waals surface area contributed by atoms with Crippen molar-refractivity contribution >= 4 is 21.9 Å². The van der Waals surface area contributed by atoms with Gasteiger partial charge in [-0.05, 0) is 69.2 Å². The molecule has 1 saturated heterocycles. The summed E-state index contributed by atoms with van der Waals surface area (Å²) in [5, 5.41) is 0. The molecule has 0 radical (unpaired) electrons. The summed E-state index contributed by atoms with van der Waals surface area (Å²) in [6.07, 6.45) is 4.85. The molecule has 0 bridgehead atoms. The van der Waals surface area contributed by atoms with Gasteiger partial charge in [-0.1, -0.05) is 12.1 Å². The number of hydrogen-bond acceptors (Lipinski definition) is 5. The Labute approximate surface area is 178 Å². The Balaban J connectivity index is 1.79. The number of methoxy groups -OCH3 is 1. The van der Waals surface area contributed by atoms with Crippen LogP contribution in [0.1, 0.15) is 42.6 Å². The molecule has 0 unspecified atom stereocenters. The highest BCUT2D eigenvalue weighted by Crippen LogP contribution is 2.33. The molecule has 1 aliphatic rings. The van der Waals surface area contributed by atoms with E-state index in [1.807, 2.05) is 26.0 Å². The van der Waals surface area contributed by atoms with E-state index >= 15 is 0 Å². The number of ketones is 1. The van der Waals surface area contributed by atoms with Crippen LogP contribution in [0.3, 0.4) is 0 Å². The van der Waals surface area contributed by atoms with Crippen molar-refractivity contribution in [2.24, 2.45) is 0 Å². The molecule has 0 atom stereocenters. The van der Waals surface area contributed by atoms with E-state index in [0.29, 0.717) is 30.2 Å². The lowest BCUT2D eigenvalue weighted by Crippen LogP contribution is -2.27. The maximum absolute atomic E-state index is 12.6. The zero-order valence-corrected chi connectivity index (χ0v) is 18.3. The van der Waals surface area contributed by atoms with E-state index in [4.69, 9.17) is 9.47 Å². The van der Waals surface area contributed by atoms with Crippen molar-refractivity contribution in [2.45, 2.75) is 37.7 Å². The van der Waals surface area contributed by atoms with Gasteiger partial charge in [-0.3, -0.25) is 4.79 Å². The van der Waals surface area contributed by atoms with Crippen molar-refractivity contribution in [1.82, 2.24) is 4.31 Å². The molecule has 30 heavy (non-hydrogen) atoms. The summed E-state index contributed by atoms with van der Waals surface area (Å²) in [4.78, 5) is 12.8. The van der Waals surface area contributed by atoms with Crippen molar-refractivity contribution in [1.29, 1.82) is 0 Å². The van der Waals surface area contributed by atoms with Crippen molar-refractivity contribution in [3.05, 3.63) is 59.7 Å². The standard InChI is InChI=1S/C23H27NO5S/c1-17(2)29-23-19(7-6-8-22(23)28-3)11-14-21(25)18-9-12-20(13-10-18)30(26,27)24-15-4-5-16-24/h6-14,17H,4-5,15-16H2,1-3H3/b14-11+. The number of rotatable bonds is 8. The lowest BCUT2D eigenvalue weighted by molar-refractivity contribution is 0.104. The average Bonchev–Trinajstić information content (AvgIpc) is 3.28. The number of carbonyl (C=O) groups excluding carboxylic acids is 1. The second-order valence-corrected chi connectivity index (χ2v) is 9.32. The number of allylic oxidation sites excluding steroid dienone is 1. The first-order chi connectivity index (χ1) is 14.3. The Morgan fingerprint density at radius 3 is 2.33 bits per heavy atom. The molecule has 7 heteroatoms. The SMILES string of the molecule is COc1cccc(/C=C/C(=O)c2ccc(S(=O)(=O)N3CCCC3)cc2)c1OC(C)C. The van der Waals surface area contributed by atoms with Crippen molar-refractivity contribution < 1.29 is 22.7 Å². The van der Waals surface area contributed by atoms with Crippen LogP contribution in [-0.4, -0.2) is 44.8 Å². The van der Waals surface area contributed by atoms with Crippen LogP contribution < -0.4 is 9.47 Å². The van der Waals surface area contributed by atoms with Gasteiger partial charge in [0.25, 0.3) is 0 Å². The Kier molecular flexibility index (Phi) is 6.95. The first-order valence-corrected chi connectivity index (χ1v) is 11.4. The molecule has 2 aromatic carbocycles. The third-order valence-corrected chi connectivity index (χ3v) is 6.75. The molecule has 1 heterocycles. The number of sulfonamides is 1. The van der Waals surface area contributed by atoms with Crippen molar-refractivity contribution in [3.8, 4) is 11.5 Å². The molecular formula is C23H27NO5S. The molecule has 1 fully saturated rings. The molecule has 3 rings (SSSR count). The molecule has 2 aromatic rings. The zero-order chi connectivity index (χ0) is 21.7. The van der Waals surface area contributed by atoms with Crippen LogP contribution in [0.4, 0.5) is 0 Å². The summed E-state index contributed by atoms with van der Waals surface area (Å²) in [5.74, 6) is 0.944. The highest BCUT2D eigenvalue weighted by molar-refractivity contribution is 7.89. The van der Waals surface area contributed by atoms with Gasteiger partial charge in [-0.15, -0.1) is 0 Å². The summed E-state index contributed by atoms with van der Waals surface area (Å²) in [5.41, 5.74) is 1.14. The van der Waals surface area contributed by atoms with Gasteiger partial charge in [-0.2, -0.15) is 4.31 Å². The van der Waals surface area contributed by atoms with Gasteiger partial charge in [0.2, 0.25) is 10.0 Å². The fourth-order valence-corrected chi connectivity index (χ4v) is 4.83. The zero-order valence-electron chi connectivity index (χ0n) is 17.5. The molecule has 160 valence electrons. The lowest BCUT2D eigenvalue weighted by Gasteiger charge is -2.16. The highest BCUT2D eigenvalue weighted by atomic mass is 32.2. The van der Waals surface area contributed by atoms with Crippen LogP contribution in [0.5, 0.6) is 11.5 Å². The summed E-state index contributed by atoms with van der Waals surface area (Å²) >= 11 is 0. The van der Waals surface area contributed by atoms with E-state index in [9.17, 15) is 13.2 Å². The molecule has 0 aromatic heterocycles. The first-order valence-electron chi connectivity index (χ1n) is 9.99. The topological polar surface area (TPSA) is 72.9 Å². The highest BCUT2D eigenvalue weighted by Gasteiger charge is 2.27. The van der Waals surface area contributed by atoms with E-state index in [2.05, 4.69) is 0 Å². The van der Waals surface area contributed by atoms with Crippen LogP contribution in [0, 0.1) is 0 Å². The second kappa shape index (κ2) is 9.45. The number of ether oxygens (including phenoxy) is 2. The Hall–Kier alpha value is -2.64. The third-order valence-electron chi connectivity index (χ3n) is 4.84. The van der Waals surface area contributed by atoms with Crippen LogP contribution in [0.2, 0.25) is 0 Å². The maximum atomic E-state index is 12.6. The number of carbonyl (C=O) groups is 1. The van der Waals surface area contributed by atoms with Gasteiger partial charge in [0.05, 0.1) is 18.1 Å². The fourth-order valence-electron chi connectivity index (χ4n) is 3.32. The molecule has 1 aliphatic heterocycles. The van der Waals surface area contributed by atoms with E-state index in [1.165, 1.54) is 22.5 Å². The predicted molar refractivity (Wildman–Crippen MR) is 117 cm³/mol. The number of benzene rings is 2. The third kappa shape index (κ3) is 4.91. The minimum atomic E-state index is -3.49. The number of para-hydroxylation sites is 1. The normalized spacial score (nSPS) is 15.1. The Bertz CT molecular complexity index is 1020. The molecular weight excluding hydrogens is 402 g/mol. The lowest BCUT2D eigenvalue weighted by atomic mass is 10.1. The average molecular weight is 430 g/mol. The monoisotopic (exact) mass is 429 g/mol. The number of nitrogens with zero attached hydrogens (tertiary/aromatic N) is 1. The quantitative estimate of drug-likeness (QED) is 0.465. The van der Waals surface area contributed by atoms with Gasteiger partial charge in [0, 0.05) is 24.2 Å². The van der Waals surface area contributed by atoms with E-state index in [0.717, 1.165) is 18.4 Å². The first kappa shape index (κ1) is 22.1. The molecule has 0 aliphatic carbocycles. The van der Waals surface area contributed by atoms with Crippen molar-refractivity contribution in [3.63, 3.8) is 0 Å². The molecule has 0 spiro atoms. The van der Waals surface area contributed by atoms with Gasteiger partial charge < -0.3 is 9.47 Å². The number of hydrogen-bond donors (Lipinski definition) is 0. The van der Waals surface area contributed by atoms with E-state index in [1.54, 1.807) is 31.4 Å². The summed E-state index contributed by atoms with van der Waals surface area (Å²) in [7, 11) is -1.92. The molecule has 6 nitrogen and oxygen atoms in total. The van der Waals surface area contributed by atoms with Crippen molar-refractivity contribution in [2.75, 3.05) is 20.2 Å². The maximum Gasteiger partial charge on any atom is 0.243 e. The Morgan fingerprint density at radius 1 is 1.07 bits per heavy atom. The van der Waals surface area contributed by atoms with Crippen LogP contribution in [0.25, 0.3) is 6.08 Å². The smallest absolute Gasteiger partial charge is 0.243 e. The predicted octanol–water partition coefficient (Wildman–Crippen LogP) is 4.16. The van der Waals surface area contributed by atoms with Gasteiger partial charge >= 0.3 is 0 Å². The summed E-state index contributed by atoms with van der Waals surface area (Å²) in [6.45, 7) is 4.94. The summed E-state index contributed by atoms with van der Waals surface area (Å²) in [6, 6.07) is 11.6. The van der Waals surface area contributed by atoms with Crippen LogP contribution in [0.15, 0.2) is 53.4 Å². The molecule has 0 N–H and O–H groups in total. The molecule has 0 amide bonds. The minimum absolute atomic E-state index is 0.0470. The second-order valence-electron chi connectivity index (χ2n) is 7.38.